The van der Waals surface area contributed by atoms with E-state index in [2.05, 4.69) is 5.32 Å². The van der Waals surface area contributed by atoms with Gasteiger partial charge in [0.05, 0.1) is 6.61 Å². The van der Waals surface area contributed by atoms with Crippen LogP contribution in [0.2, 0.25) is 0 Å². The highest BCUT2D eigenvalue weighted by molar-refractivity contribution is 6.36. The lowest BCUT2D eigenvalue weighted by Crippen LogP contribution is -2.22. The van der Waals surface area contributed by atoms with Gasteiger partial charge in [-0.2, -0.15) is 0 Å². The average molecular weight is 223 g/mol. The van der Waals surface area contributed by atoms with Crippen LogP contribution in [0, 0.1) is 0 Å². The third-order valence-corrected chi connectivity index (χ3v) is 2.04. The van der Waals surface area contributed by atoms with Crippen LogP contribution >= 0.6 is 0 Å². The summed E-state index contributed by atoms with van der Waals surface area (Å²) in [7, 11) is 1.58. The summed E-state index contributed by atoms with van der Waals surface area (Å²) in [5.74, 6) is -2.54. The third kappa shape index (κ3) is 3.36. The lowest BCUT2D eigenvalue weighted by molar-refractivity contribution is -0.147. The van der Waals surface area contributed by atoms with Crippen LogP contribution in [-0.4, -0.2) is 30.7 Å². The number of benzene rings is 1. The minimum absolute atomic E-state index is 0.506. The van der Waals surface area contributed by atoms with Crippen molar-refractivity contribution in [2.75, 3.05) is 19.0 Å². The molecule has 0 spiro atoms. The first-order valence-electron chi connectivity index (χ1n) is 4.76. The smallest absolute Gasteiger partial charge is 0.394 e. The van der Waals surface area contributed by atoms with Crippen LogP contribution < -0.4 is 5.32 Å². The van der Waals surface area contributed by atoms with E-state index in [1.54, 1.807) is 19.2 Å². The fourth-order valence-electron chi connectivity index (χ4n) is 1.25. The molecule has 0 unspecified atom stereocenters. The monoisotopic (exact) mass is 223 g/mol. The number of hydrogen-bond acceptors (Lipinski definition) is 3. The number of methoxy groups -OCH3 is 1. The van der Waals surface area contributed by atoms with Gasteiger partial charge in [0.2, 0.25) is 0 Å². The number of para-hydroxylation sites is 1. The quantitative estimate of drug-likeness (QED) is 0.743. The lowest BCUT2D eigenvalue weighted by atomic mass is 10.1. The van der Waals surface area contributed by atoms with Crippen molar-refractivity contribution in [2.45, 2.75) is 6.42 Å². The Balaban J connectivity index is 2.78. The Kier molecular flexibility index (Phi) is 4.47. The summed E-state index contributed by atoms with van der Waals surface area (Å²) in [6.45, 7) is 0.514. The van der Waals surface area contributed by atoms with E-state index in [1.165, 1.54) is 0 Å². The number of aliphatic carboxylic acids is 1. The van der Waals surface area contributed by atoms with Gasteiger partial charge in [-0.1, -0.05) is 18.2 Å². The van der Waals surface area contributed by atoms with Crippen LogP contribution in [0.25, 0.3) is 0 Å². The van der Waals surface area contributed by atoms with Crippen molar-refractivity contribution in [3.05, 3.63) is 29.8 Å². The number of nitrogens with one attached hydrogen (secondary N) is 1. The number of carbonyl (C=O) groups is 2. The van der Waals surface area contributed by atoms with E-state index in [4.69, 9.17) is 9.84 Å². The first-order chi connectivity index (χ1) is 7.65. The molecule has 1 aromatic carbocycles. The summed E-state index contributed by atoms with van der Waals surface area (Å²) >= 11 is 0. The predicted molar refractivity (Wildman–Crippen MR) is 58.3 cm³/mol. The average Bonchev–Trinajstić information content (AvgIpc) is 2.27. The molecule has 0 saturated heterocycles. The van der Waals surface area contributed by atoms with E-state index in [0.717, 1.165) is 5.56 Å². The van der Waals surface area contributed by atoms with E-state index in [0.29, 0.717) is 18.7 Å². The van der Waals surface area contributed by atoms with Crippen LogP contribution in [-0.2, 0) is 20.7 Å². The minimum Gasteiger partial charge on any atom is -0.474 e. The topological polar surface area (TPSA) is 75.6 Å². The summed E-state index contributed by atoms with van der Waals surface area (Å²) in [6, 6.07) is 7.03. The molecule has 16 heavy (non-hydrogen) atoms. The molecule has 86 valence electrons. The fraction of sp³-hybridized carbons (Fsp3) is 0.273. The highest BCUT2D eigenvalue weighted by Crippen LogP contribution is 2.15. The van der Waals surface area contributed by atoms with Gasteiger partial charge in [-0.15, -0.1) is 0 Å². The highest BCUT2D eigenvalue weighted by Gasteiger charge is 2.12. The second kappa shape index (κ2) is 5.87. The summed E-state index contributed by atoms with van der Waals surface area (Å²) in [5.41, 5.74) is 1.35. The highest BCUT2D eigenvalue weighted by atomic mass is 16.5. The molecule has 0 aliphatic carbocycles. The van der Waals surface area contributed by atoms with Crippen LogP contribution in [0.4, 0.5) is 5.69 Å². The second-order valence-corrected chi connectivity index (χ2v) is 3.16. The number of amides is 1. The number of carbonyl (C=O) groups excluding carboxylic acids is 1. The zero-order chi connectivity index (χ0) is 12.0. The maximum atomic E-state index is 11.0. The predicted octanol–water partition coefficient (Wildman–Crippen LogP) is 0.899. The summed E-state index contributed by atoms with van der Waals surface area (Å²) < 4.78 is 4.92. The van der Waals surface area contributed by atoms with Gasteiger partial charge in [-0.3, -0.25) is 4.79 Å². The molecule has 2 N–H and O–H groups in total. The molecule has 0 aliphatic heterocycles. The molecule has 0 radical (unpaired) electrons. The minimum atomic E-state index is -1.50. The molecule has 0 aromatic heterocycles. The standard InChI is InChI=1S/C11H13NO4/c1-16-7-6-8-4-2-3-5-9(8)12-10(13)11(14)15/h2-5H,6-7H2,1H3,(H,12,13)(H,14,15). The Morgan fingerprint density at radius 3 is 2.69 bits per heavy atom. The number of carboxylic acid groups (broad SMARTS) is 1. The Bertz CT molecular complexity index is 389. The largest absolute Gasteiger partial charge is 0.474 e. The van der Waals surface area contributed by atoms with Crippen LogP contribution in [0.1, 0.15) is 5.56 Å². The molecule has 1 rings (SSSR count). The van der Waals surface area contributed by atoms with Crippen molar-refractivity contribution in [1.82, 2.24) is 0 Å². The van der Waals surface area contributed by atoms with Crippen LogP contribution in [0.3, 0.4) is 0 Å². The molecule has 0 aliphatic rings. The van der Waals surface area contributed by atoms with E-state index in [9.17, 15) is 9.59 Å². The van der Waals surface area contributed by atoms with Crippen molar-refractivity contribution in [3.63, 3.8) is 0 Å². The molecule has 0 saturated carbocycles. The Hall–Kier alpha value is -1.88. The molecule has 0 atom stereocenters. The Morgan fingerprint density at radius 1 is 1.38 bits per heavy atom. The van der Waals surface area contributed by atoms with E-state index in [-0.39, 0.29) is 0 Å². The van der Waals surface area contributed by atoms with Gasteiger partial charge in [0.25, 0.3) is 0 Å². The van der Waals surface area contributed by atoms with Crippen molar-refractivity contribution in [3.8, 4) is 0 Å². The molecular weight excluding hydrogens is 210 g/mol. The SMILES string of the molecule is COCCc1ccccc1NC(=O)C(=O)O. The summed E-state index contributed by atoms with van der Waals surface area (Å²) in [4.78, 5) is 21.4. The number of hydrogen-bond donors (Lipinski definition) is 2. The summed E-state index contributed by atoms with van der Waals surface area (Å²) in [5, 5.41) is 10.8. The van der Waals surface area contributed by atoms with Gasteiger partial charge in [0.15, 0.2) is 0 Å². The van der Waals surface area contributed by atoms with Gasteiger partial charge in [-0.25, -0.2) is 4.79 Å². The number of carboxylic acids is 1. The van der Waals surface area contributed by atoms with Gasteiger partial charge >= 0.3 is 11.9 Å². The van der Waals surface area contributed by atoms with Gasteiger partial charge < -0.3 is 15.2 Å². The maximum absolute atomic E-state index is 11.0. The molecule has 0 fully saturated rings. The van der Waals surface area contributed by atoms with Gasteiger partial charge in [-0.05, 0) is 18.1 Å². The molecule has 0 bridgehead atoms. The van der Waals surface area contributed by atoms with E-state index < -0.39 is 11.9 Å². The van der Waals surface area contributed by atoms with Crippen molar-refractivity contribution in [2.24, 2.45) is 0 Å². The molecule has 0 heterocycles. The third-order valence-electron chi connectivity index (χ3n) is 2.04. The maximum Gasteiger partial charge on any atom is 0.394 e. The Labute approximate surface area is 93.0 Å². The molecule has 1 amide bonds. The van der Waals surface area contributed by atoms with Crippen LogP contribution in [0.15, 0.2) is 24.3 Å². The second-order valence-electron chi connectivity index (χ2n) is 3.16. The molecule has 5 heteroatoms. The van der Waals surface area contributed by atoms with Crippen molar-refractivity contribution >= 4 is 17.6 Å². The Morgan fingerprint density at radius 2 is 2.06 bits per heavy atom. The van der Waals surface area contributed by atoms with E-state index in [1.807, 2.05) is 12.1 Å². The molecule has 5 nitrogen and oxygen atoms in total. The lowest BCUT2D eigenvalue weighted by Gasteiger charge is -2.08. The van der Waals surface area contributed by atoms with Crippen molar-refractivity contribution in [1.29, 1.82) is 0 Å². The number of ether oxygens (including phenoxy) is 1. The number of rotatable bonds is 4. The molecule has 1 aromatic rings. The zero-order valence-corrected chi connectivity index (χ0v) is 8.90. The van der Waals surface area contributed by atoms with Crippen molar-refractivity contribution < 1.29 is 19.4 Å². The molecular formula is C11H13NO4. The van der Waals surface area contributed by atoms with Gasteiger partial charge in [0.1, 0.15) is 0 Å². The normalized spacial score (nSPS) is 9.81. The first-order valence-corrected chi connectivity index (χ1v) is 4.76. The fourth-order valence-corrected chi connectivity index (χ4v) is 1.25. The zero-order valence-electron chi connectivity index (χ0n) is 8.90. The number of anilines is 1. The van der Waals surface area contributed by atoms with Gasteiger partial charge in [0, 0.05) is 12.8 Å². The van der Waals surface area contributed by atoms with Crippen LogP contribution in [0.5, 0.6) is 0 Å². The van der Waals surface area contributed by atoms with E-state index >= 15 is 0 Å². The summed E-state index contributed by atoms with van der Waals surface area (Å²) in [6.07, 6.45) is 0.618. The first kappa shape index (κ1) is 12.2.